The lowest BCUT2D eigenvalue weighted by Gasteiger charge is -2.11. The normalized spacial score (nSPS) is 10.9. The van der Waals surface area contributed by atoms with Gasteiger partial charge in [0, 0.05) is 23.1 Å². The van der Waals surface area contributed by atoms with Gasteiger partial charge in [0.25, 0.3) is 0 Å². The fourth-order valence-corrected chi connectivity index (χ4v) is 3.62. The fourth-order valence-electron chi connectivity index (χ4n) is 3.62. The highest BCUT2D eigenvalue weighted by molar-refractivity contribution is 5.99. The lowest BCUT2D eigenvalue weighted by molar-refractivity contribution is 0.461. The molecule has 0 aliphatic heterocycles. The van der Waals surface area contributed by atoms with Crippen LogP contribution in [0.2, 0.25) is 0 Å². The topological polar surface area (TPSA) is 63.0 Å². The number of anilines is 4. The van der Waals surface area contributed by atoms with Gasteiger partial charge in [0.1, 0.15) is 0 Å². The summed E-state index contributed by atoms with van der Waals surface area (Å²) in [7, 11) is 0. The number of hydrogen-bond donors (Lipinski definition) is 2. The Hall–Kier alpha value is -4.12. The van der Waals surface area contributed by atoms with Crippen molar-refractivity contribution in [1.82, 2.24) is 10.1 Å². The van der Waals surface area contributed by atoms with E-state index in [1.165, 1.54) is 0 Å². The molecule has 0 saturated carbocycles. The number of hydrogen-bond acceptors (Lipinski definition) is 5. The van der Waals surface area contributed by atoms with E-state index in [9.17, 15) is 0 Å². The highest BCUT2D eigenvalue weighted by atomic mass is 16.5. The van der Waals surface area contributed by atoms with Crippen LogP contribution in [0.4, 0.5) is 22.9 Å². The van der Waals surface area contributed by atoms with E-state index >= 15 is 0 Å². The lowest BCUT2D eigenvalue weighted by Crippen LogP contribution is -1.95. The summed E-state index contributed by atoms with van der Waals surface area (Å²) < 4.78 is 5.77. The van der Waals surface area contributed by atoms with Gasteiger partial charge < -0.3 is 15.2 Å². The molecule has 0 atom stereocenters. The van der Waals surface area contributed by atoms with Gasteiger partial charge in [-0.3, -0.25) is 4.98 Å². The van der Waals surface area contributed by atoms with Crippen LogP contribution in [-0.4, -0.2) is 10.1 Å². The third-order valence-electron chi connectivity index (χ3n) is 5.34. The number of fused-ring (bicyclic) bond motifs is 1. The summed E-state index contributed by atoms with van der Waals surface area (Å²) in [5.41, 5.74) is 7.81. The first-order valence-corrected chi connectivity index (χ1v) is 10.2. The molecule has 2 heterocycles. The summed E-state index contributed by atoms with van der Waals surface area (Å²) in [4.78, 5) is 4.45. The summed E-state index contributed by atoms with van der Waals surface area (Å²) in [6.45, 7) is 4.12. The first kappa shape index (κ1) is 18.9. The standard InChI is InChI=1S/C26H22N4O/c1-17-8-3-4-11-22(17)29-26-21-14-13-18(2)24(25(21)31-30-26)28-20-10-7-9-19(16-20)23-12-5-6-15-27-23/h3-16,28H,1-2H3,(H,29,30). The predicted molar refractivity (Wildman–Crippen MR) is 126 cm³/mol. The highest BCUT2D eigenvalue weighted by Gasteiger charge is 2.15. The van der Waals surface area contributed by atoms with Gasteiger partial charge in [0.05, 0.1) is 16.8 Å². The molecule has 2 aromatic heterocycles. The molecule has 0 aliphatic rings. The minimum absolute atomic E-state index is 0.703. The Balaban J connectivity index is 1.50. The molecule has 2 N–H and O–H groups in total. The van der Waals surface area contributed by atoms with Gasteiger partial charge in [-0.15, -0.1) is 0 Å². The molecule has 5 rings (SSSR count). The maximum Gasteiger partial charge on any atom is 0.192 e. The number of rotatable bonds is 5. The highest BCUT2D eigenvalue weighted by Crippen LogP contribution is 2.35. The van der Waals surface area contributed by atoms with E-state index in [2.05, 4.69) is 58.9 Å². The van der Waals surface area contributed by atoms with Gasteiger partial charge in [-0.05, 0) is 61.4 Å². The molecule has 0 spiro atoms. The molecule has 31 heavy (non-hydrogen) atoms. The first-order valence-electron chi connectivity index (χ1n) is 10.2. The Bertz CT molecular complexity index is 1360. The van der Waals surface area contributed by atoms with Gasteiger partial charge in [0.15, 0.2) is 11.4 Å². The van der Waals surface area contributed by atoms with Crippen molar-refractivity contribution < 1.29 is 4.52 Å². The molecule has 5 heteroatoms. The Kier molecular flexibility index (Phi) is 4.84. The Morgan fingerprint density at radius 3 is 2.48 bits per heavy atom. The van der Waals surface area contributed by atoms with Gasteiger partial charge in [-0.2, -0.15) is 0 Å². The summed E-state index contributed by atoms with van der Waals surface area (Å²) in [5, 5.41) is 12.2. The van der Waals surface area contributed by atoms with Crippen LogP contribution in [0.3, 0.4) is 0 Å². The molecule has 0 amide bonds. The lowest BCUT2D eigenvalue weighted by atomic mass is 10.1. The smallest absolute Gasteiger partial charge is 0.192 e. The van der Waals surface area contributed by atoms with E-state index in [-0.39, 0.29) is 0 Å². The van der Waals surface area contributed by atoms with Crippen LogP contribution in [0.15, 0.2) is 89.6 Å². The van der Waals surface area contributed by atoms with E-state index < -0.39 is 0 Å². The number of aryl methyl sites for hydroxylation is 2. The molecular weight excluding hydrogens is 384 g/mol. The molecule has 5 nitrogen and oxygen atoms in total. The third kappa shape index (κ3) is 3.73. The Morgan fingerprint density at radius 1 is 0.774 bits per heavy atom. The fraction of sp³-hybridized carbons (Fsp3) is 0.0769. The minimum atomic E-state index is 0.703. The van der Waals surface area contributed by atoms with Crippen LogP contribution in [0.5, 0.6) is 0 Å². The zero-order valence-corrected chi connectivity index (χ0v) is 17.4. The summed E-state index contributed by atoms with van der Waals surface area (Å²) in [6.07, 6.45) is 1.80. The van der Waals surface area contributed by atoms with Crippen LogP contribution in [0.1, 0.15) is 11.1 Å². The largest absolute Gasteiger partial charge is 0.352 e. The van der Waals surface area contributed by atoms with Crippen molar-refractivity contribution in [3.05, 3.63) is 96.2 Å². The Labute approximate surface area is 180 Å². The van der Waals surface area contributed by atoms with E-state index in [4.69, 9.17) is 4.52 Å². The van der Waals surface area contributed by atoms with Crippen molar-refractivity contribution in [2.75, 3.05) is 10.6 Å². The van der Waals surface area contributed by atoms with Crippen molar-refractivity contribution >= 4 is 33.8 Å². The van der Waals surface area contributed by atoms with E-state index in [1.807, 2.05) is 54.6 Å². The first-order chi connectivity index (χ1) is 15.2. The van der Waals surface area contributed by atoms with Gasteiger partial charge in [0.2, 0.25) is 0 Å². The van der Waals surface area contributed by atoms with Crippen LogP contribution >= 0.6 is 0 Å². The molecule has 3 aromatic carbocycles. The Morgan fingerprint density at radius 2 is 1.65 bits per heavy atom. The molecule has 152 valence electrons. The summed E-state index contributed by atoms with van der Waals surface area (Å²) in [6, 6.07) is 26.4. The second kappa shape index (κ2) is 7.95. The molecule has 0 saturated heterocycles. The molecule has 5 aromatic rings. The molecule has 0 fully saturated rings. The van der Waals surface area contributed by atoms with Crippen molar-refractivity contribution in [2.24, 2.45) is 0 Å². The summed E-state index contributed by atoms with van der Waals surface area (Å²) >= 11 is 0. The van der Waals surface area contributed by atoms with Crippen molar-refractivity contribution in [1.29, 1.82) is 0 Å². The molecule has 0 unspecified atom stereocenters. The molecule has 0 radical (unpaired) electrons. The number of aromatic nitrogens is 2. The van der Waals surface area contributed by atoms with E-state index in [1.54, 1.807) is 6.20 Å². The second-order valence-corrected chi connectivity index (χ2v) is 7.53. The number of benzene rings is 3. The predicted octanol–water partition coefficient (Wildman–Crippen LogP) is 6.99. The van der Waals surface area contributed by atoms with Crippen LogP contribution in [0, 0.1) is 13.8 Å². The minimum Gasteiger partial charge on any atom is -0.352 e. The summed E-state index contributed by atoms with van der Waals surface area (Å²) in [5.74, 6) is 0.703. The third-order valence-corrected chi connectivity index (χ3v) is 5.34. The van der Waals surface area contributed by atoms with Crippen molar-refractivity contribution in [3.8, 4) is 11.3 Å². The zero-order valence-electron chi connectivity index (χ0n) is 17.4. The quantitative estimate of drug-likeness (QED) is 0.329. The van der Waals surface area contributed by atoms with E-state index in [0.29, 0.717) is 5.82 Å². The average molecular weight is 406 g/mol. The van der Waals surface area contributed by atoms with Gasteiger partial charge in [-0.25, -0.2) is 0 Å². The van der Waals surface area contributed by atoms with Crippen molar-refractivity contribution in [2.45, 2.75) is 13.8 Å². The SMILES string of the molecule is Cc1ccccc1Nc1noc2c(Nc3cccc(-c4ccccn4)c3)c(C)ccc12. The maximum absolute atomic E-state index is 5.77. The number of nitrogens with zero attached hydrogens (tertiary/aromatic N) is 2. The molecular formula is C26H22N4O. The molecule has 0 bridgehead atoms. The van der Waals surface area contributed by atoms with Crippen LogP contribution in [-0.2, 0) is 0 Å². The van der Waals surface area contributed by atoms with Crippen LogP contribution < -0.4 is 10.6 Å². The number of nitrogens with one attached hydrogen (secondary N) is 2. The van der Waals surface area contributed by atoms with E-state index in [0.717, 1.165) is 50.4 Å². The zero-order chi connectivity index (χ0) is 21.2. The van der Waals surface area contributed by atoms with Gasteiger partial charge >= 0.3 is 0 Å². The monoisotopic (exact) mass is 406 g/mol. The number of para-hydroxylation sites is 1. The maximum atomic E-state index is 5.77. The second-order valence-electron chi connectivity index (χ2n) is 7.53. The number of pyridine rings is 1. The average Bonchev–Trinajstić information content (AvgIpc) is 3.21. The van der Waals surface area contributed by atoms with Gasteiger partial charge in [-0.1, -0.05) is 47.6 Å². The molecule has 0 aliphatic carbocycles. The van der Waals surface area contributed by atoms with Crippen LogP contribution in [0.25, 0.3) is 22.2 Å². The van der Waals surface area contributed by atoms with Crippen molar-refractivity contribution in [3.63, 3.8) is 0 Å².